The summed E-state index contributed by atoms with van der Waals surface area (Å²) in [6.07, 6.45) is 6.26. The van der Waals surface area contributed by atoms with Crippen LogP contribution in [0.1, 0.15) is 39.0 Å². The van der Waals surface area contributed by atoms with E-state index in [0.717, 1.165) is 31.1 Å². The summed E-state index contributed by atoms with van der Waals surface area (Å²) in [4.78, 5) is 15.0. The summed E-state index contributed by atoms with van der Waals surface area (Å²) in [6, 6.07) is 7.64. The van der Waals surface area contributed by atoms with Gasteiger partial charge in [-0.2, -0.15) is 0 Å². The van der Waals surface area contributed by atoms with Gasteiger partial charge < -0.3 is 15.4 Å². The molecule has 1 saturated carbocycles. The van der Waals surface area contributed by atoms with E-state index in [2.05, 4.69) is 15.5 Å². The third kappa shape index (κ3) is 4.87. The highest BCUT2D eigenvalue weighted by Crippen LogP contribution is 2.34. The van der Waals surface area contributed by atoms with E-state index >= 15 is 0 Å². The number of hydrogen-bond acceptors (Lipinski definition) is 4. The molecule has 1 aliphatic carbocycles. The number of carbonyl (C=O) groups is 1. The van der Waals surface area contributed by atoms with Crippen LogP contribution in [0, 0.1) is 0 Å². The van der Waals surface area contributed by atoms with Crippen LogP contribution >= 0.6 is 12.4 Å². The molecule has 0 radical (unpaired) electrons. The Balaban J connectivity index is 0.00000225. The van der Waals surface area contributed by atoms with E-state index in [0.29, 0.717) is 13.2 Å². The third-order valence-corrected chi connectivity index (χ3v) is 5.26. The molecule has 1 aliphatic heterocycles. The van der Waals surface area contributed by atoms with Gasteiger partial charge in [-0.25, -0.2) is 0 Å². The molecule has 1 aromatic rings. The number of piperazine rings is 1. The maximum Gasteiger partial charge on any atom is 0.238 e. The predicted octanol–water partition coefficient (Wildman–Crippen LogP) is 3.05. The largest absolute Gasteiger partial charge is 0.492 e. The fourth-order valence-electron chi connectivity index (χ4n) is 4.05. The summed E-state index contributed by atoms with van der Waals surface area (Å²) < 4.78 is 5.60. The van der Waals surface area contributed by atoms with Gasteiger partial charge in [-0.1, -0.05) is 31.4 Å². The van der Waals surface area contributed by atoms with E-state index in [-0.39, 0.29) is 23.9 Å². The number of halogens is 1. The summed E-state index contributed by atoms with van der Waals surface area (Å²) in [5.41, 5.74) is 0.935. The Labute approximate surface area is 156 Å². The van der Waals surface area contributed by atoms with E-state index in [1.165, 1.54) is 32.1 Å². The average Bonchev–Trinajstić information content (AvgIpc) is 2.60. The van der Waals surface area contributed by atoms with E-state index in [1.807, 2.05) is 31.2 Å². The smallest absolute Gasteiger partial charge is 0.238 e. The second kappa shape index (κ2) is 9.41. The van der Waals surface area contributed by atoms with Crippen molar-refractivity contribution in [3.05, 3.63) is 24.3 Å². The van der Waals surface area contributed by atoms with Gasteiger partial charge in [-0.05, 0) is 31.9 Å². The zero-order valence-corrected chi connectivity index (χ0v) is 15.9. The number of para-hydroxylation sites is 2. The molecule has 1 saturated heterocycles. The van der Waals surface area contributed by atoms with Crippen LogP contribution in [-0.2, 0) is 4.79 Å². The van der Waals surface area contributed by atoms with Crippen LogP contribution in [0.15, 0.2) is 24.3 Å². The number of anilines is 1. The molecule has 3 rings (SSSR count). The van der Waals surface area contributed by atoms with Crippen molar-refractivity contribution in [2.75, 3.05) is 38.1 Å². The van der Waals surface area contributed by atoms with Crippen molar-refractivity contribution in [3.63, 3.8) is 0 Å². The SMILES string of the molecule is CCOc1ccccc1NC(=O)CN1CCNCC12CCCCC2.Cl. The maximum atomic E-state index is 12.6. The number of rotatable bonds is 5. The predicted molar refractivity (Wildman–Crippen MR) is 104 cm³/mol. The van der Waals surface area contributed by atoms with Gasteiger partial charge in [-0.3, -0.25) is 9.69 Å². The van der Waals surface area contributed by atoms with Crippen LogP contribution in [0.2, 0.25) is 0 Å². The van der Waals surface area contributed by atoms with Gasteiger partial charge >= 0.3 is 0 Å². The zero-order valence-electron chi connectivity index (χ0n) is 15.1. The minimum absolute atomic E-state index is 0. The molecule has 0 atom stereocenters. The van der Waals surface area contributed by atoms with Crippen LogP contribution in [0.5, 0.6) is 5.75 Å². The molecule has 5 nitrogen and oxygen atoms in total. The molecule has 140 valence electrons. The number of ether oxygens (including phenoxy) is 1. The van der Waals surface area contributed by atoms with Crippen LogP contribution in [0.25, 0.3) is 0 Å². The van der Waals surface area contributed by atoms with Crippen molar-refractivity contribution in [1.29, 1.82) is 0 Å². The summed E-state index contributed by atoms with van der Waals surface area (Å²) in [5, 5.41) is 6.57. The summed E-state index contributed by atoms with van der Waals surface area (Å²) in [5.74, 6) is 0.787. The standard InChI is InChI=1S/C19H29N3O2.ClH/c1-2-24-17-9-5-4-8-16(17)21-18(23)14-22-13-12-20-15-19(22)10-6-3-7-11-19;/h4-5,8-9,20H,2-3,6-7,10-15H2,1H3,(H,21,23);1H. The Morgan fingerprint density at radius 3 is 2.80 bits per heavy atom. The van der Waals surface area contributed by atoms with Crippen LogP contribution in [0.3, 0.4) is 0 Å². The highest BCUT2D eigenvalue weighted by molar-refractivity contribution is 5.93. The average molecular weight is 368 g/mol. The normalized spacial score (nSPS) is 19.9. The second-order valence-corrected chi connectivity index (χ2v) is 6.86. The van der Waals surface area contributed by atoms with E-state index in [1.54, 1.807) is 0 Å². The summed E-state index contributed by atoms with van der Waals surface area (Å²) in [7, 11) is 0. The maximum absolute atomic E-state index is 12.6. The Kier molecular flexibility index (Phi) is 7.54. The lowest BCUT2D eigenvalue weighted by atomic mass is 9.79. The van der Waals surface area contributed by atoms with Crippen molar-refractivity contribution < 1.29 is 9.53 Å². The first-order valence-electron chi connectivity index (χ1n) is 9.21. The van der Waals surface area contributed by atoms with Gasteiger partial charge in [0, 0.05) is 25.2 Å². The molecule has 1 spiro atoms. The van der Waals surface area contributed by atoms with Crippen molar-refractivity contribution >= 4 is 24.0 Å². The number of carbonyl (C=O) groups excluding carboxylic acids is 1. The quantitative estimate of drug-likeness (QED) is 0.839. The first-order chi connectivity index (χ1) is 11.7. The number of hydrogen-bond donors (Lipinski definition) is 2. The highest BCUT2D eigenvalue weighted by atomic mass is 35.5. The summed E-state index contributed by atoms with van der Waals surface area (Å²) >= 11 is 0. The Bertz CT molecular complexity index is 553. The van der Waals surface area contributed by atoms with Crippen molar-refractivity contribution in [2.45, 2.75) is 44.6 Å². The summed E-state index contributed by atoms with van der Waals surface area (Å²) in [6.45, 7) is 5.92. The molecule has 6 heteroatoms. The molecule has 1 heterocycles. The zero-order chi connectivity index (χ0) is 16.8. The van der Waals surface area contributed by atoms with E-state index in [9.17, 15) is 4.79 Å². The van der Waals surface area contributed by atoms with Crippen LogP contribution < -0.4 is 15.4 Å². The van der Waals surface area contributed by atoms with Gasteiger partial charge in [0.25, 0.3) is 0 Å². The Morgan fingerprint density at radius 1 is 1.28 bits per heavy atom. The molecule has 0 unspecified atom stereocenters. The molecule has 0 aromatic heterocycles. The Hall–Kier alpha value is -1.30. The molecule has 0 bridgehead atoms. The minimum Gasteiger partial charge on any atom is -0.492 e. The Morgan fingerprint density at radius 2 is 2.04 bits per heavy atom. The minimum atomic E-state index is 0. The monoisotopic (exact) mass is 367 g/mol. The van der Waals surface area contributed by atoms with Crippen molar-refractivity contribution in [1.82, 2.24) is 10.2 Å². The number of amides is 1. The molecule has 2 N–H and O–H groups in total. The second-order valence-electron chi connectivity index (χ2n) is 6.86. The van der Waals surface area contributed by atoms with Gasteiger partial charge in [0.05, 0.1) is 18.8 Å². The fraction of sp³-hybridized carbons (Fsp3) is 0.632. The van der Waals surface area contributed by atoms with Crippen LogP contribution in [0.4, 0.5) is 5.69 Å². The molecule has 2 aliphatic rings. The van der Waals surface area contributed by atoms with E-state index < -0.39 is 0 Å². The molecular formula is C19H30ClN3O2. The first-order valence-corrected chi connectivity index (χ1v) is 9.21. The van der Waals surface area contributed by atoms with Crippen molar-refractivity contribution in [3.8, 4) is 5.75 Å². The molecule has 1 aromatic carbocycles. The lowest BCUT2D eigenvalue weighted by Gasteiger charge is -2.49. The molecule has 2 fully saturated rings. The number of benzene rings is 1. The van der Waals surface area contributed by atoms with Crippen LogP contribution in [-0.4, -0.2) is 49.1 Å². The lowest BCUT2D eigenvalue weighted by molar-refractivity contribution is -0.120. The van der Waals surface area contributed by atoms with Gasteiger partial charge in [0.2, 0.25) is 5.91 Å². The number of nitrogens with one attached hydrogen (secondary N) is 2. The molecular weight excluding hydrogens is 338 g/mol. The fourth-order valence-corrected chi connectivity index (χ4v) is 4.05. The molecule has 25 heavy (non-hydrogen) atoms. The van der Waals surface area contributed by atoms with Crippen molar-refractivity contribution in [2.24, 2.45) is 0 Å². The lowest BCUT2D eigenvalue weighted by Crippen LogP contribution is -2.63. The first kappa shape index (κ1) is 20.0. The number of nitrogens with zero attached hydrogens (tertiary/aromatic N) is 1. The van der Waals surface area contributed by atoms with Gasteiger partial charge in [-0.15, -0.1) is 12.4 Å². The van der Waals surface area contributed by atoms with Gasteiger partial charge in [0.15, 0.2) is 0 Å². The van der Waals surface area contributed by atoms with E-state index in [4.69, 9.17) is 4.74 Å². The topological polar surface area (TPSA) is 53.6 Å². The third-order valence-electron chi connectivity index (χ3n) is 5.26. The highest BCUT2D eigenvalue weighted by Gasteiger charge is 2.40. The molecule has 1 amide bonds. The van der Waals surface area contributed by atoms with Gasteiger partial charge in [0.1, 0.15) is 5.75 Å².